The van der Waals surface area contributed by atoms with Crippen molar-refractivity contribution >= 4 is 26.8 Å². The van der Waals surface area contributed by atoms with Crippen LogP contribution in [0.3, 0.4) is 0 Å². The number of hydrogen-bond donors (Lipinski definition) is 2. The van der Waals surface area contributed by atoms with Crippen molar-refractivity contribution in [3.05, 3.63) is 38.9 Å². The molecule has 0 saturated carbocycles. The number of halogens is 1. The number of nitrogens with zero attached hydrogens (tertiary/aromatic N) is 1. The number of fused-ring (bicyclic) bond motifs is 1. The van der Waals surface area contributed by atoms with Gasteiger partial charge in [0.1, 0.15) is 5.82 Å². The lowest BCUT2D eigenvalue weighted by atomic mass is 10.2. The third kappa shape index (κ3) is 2.08. The summed E-state index contributed by atoms with van der Waals surface area (Å²) in [5.74, 6) is 0.633. The molecule has 2 aromatic rings. The summed E-state index contributed by atoms with van der Waals surface area (Å²) < 4.78 is 0.909. The van der Waals surface area contributed by atoms with Crippen LogP contribution in [0.25, 0.3) is 10.9 Å². The van der Waals surface area contributed by atoms with E-state index in [1.54, 1.807) is 6.07 Å². The maximum absolute atomic E-state index is 11.6. The first-order valence-electron chi connectivity index (χ1n) is 4.59. The van der Waals surface area contributed by atoms with Gasteiger partial charge in [0.25, 0.3) is 5.56 Å². The molecule has 0 radical (unpaired) electrons. The van der Waals surface area contributed by atoms with Crippen LogP contribution in [0.15, 0.2) is 27.5 Å². The Morgan fingerprint density at radius 1 is 1.47 bits per heavy atom. The highest BCUT2D eigenvalue weighted by atomic mass is 79.9. The van der Waals surface area contributed by atoms with Crippen LogP contribution in [0.2, 0.25) is 0 Å². The zero-order chi connectivity index (χ0) is 10.8. The summed E-state index contributed by atoms with van der Waals surface area (Å²) in [6.07, 6.45) is 0.581. The average molecular weight is 268 g/mol. The Morgan fingerprint density at radius 2 is 2.27 bits per heavy atom. The molecule has 5 heteroatoms. The van der Waals surface area contributed by atoms with E-state index in [0.29, 0.717) is 29.7 Å². The summed E-state index contributed by atoms with van der Waals surface area (Å²) >= 11 is 3.34. The van der Waals surface area contributed by atoms with Gasteiger partial charge in [-0.15, -0.1) is 0 Å². The van der Waals surface area contributed by atoms with E-state index in [0.717, 1.165) is 4.47 Å². The summed E-state index contributed by atoms with van der Waals surface area (Å²) in [6.45, 7) is 0.475. The minimum absolute atomic E-state index is 0.115. The Morgan fingerprint density at radius 3 is 3.00 bits per heavy atom. The number of aromatic nitrogens is 2. The van der Waals surface area contributed by atoms with Gasteiger partial charge >= 0.3 is 0 Å². The lowest BCUT2D eigenvalue weighted by molar-refractivity contribution is 0.870. The molecule has 0 saturated heterocycles. The van der Waals surface area contributed by atoms with E-state index in [1.165, 1.54) is 0 Å². The molecule has 0 unspecified atom stereocenters. The van der Waals surface area contributed by atoms with E-state index < -0.39 is 0 Å². The Balaban J connectivity index is 2.68. The fourth-order valence-corrected chi connectivity index (χ4v) is 1.77. The summed E-state index contributed by atoms with van der Waals surface area (Å²) in [5, 5.41) is 0.596. The number of hydrogen-bond acceptors (Lipinski definition) is 3. The normalized spacial score (nSPS) is 10.8. The number of rotatable bonds is 2. The first-order valence-corrected chi connectivity index (χ1v) is 5.38. The van der Waals surface area contributed by atoms with Crippen LogP contribution in [-0.4, -0.2) is 16.5 Å². The van der Waals surface area contributed by atoms with E-state index >= 15 is 0 Å². The van der Waals surface area contributed by atoms with Gasteiger partial charge in [-0.25, -0.2) is 4.98 Å². The lowest BCUT2D eigenvalue weighted by Gasteiger charge is -2.01. The van der Waals surface area contributed by atoms with Gasteiger partial charge in [0.05, 0.1) is 10.9 Å². The first kappa shape index (κ1) is 10.3. The molecule has 0 aliphatic heterocycles. The van der Waals surface area contributed by atoms with Crippen molar-refractivity contribution in [1.29, 1.82) is 0 Å². The summed E-state index contributed by atoms with van der Waals surface area (Å²) in [4.78, 5) is 18.7. The van der Waals surface area contributed by atoms with Gasteiger partial charge in [0.15, 0.2) is 0 Å². The van der Waals surface area contributed by atoms with Gasteiger partial charge in [-0.2, -0.15) is 0 Å². The van der Waals surface area contributed by atoms with Crippen molar-refractivity contribution in [3.8, 4) is 0 Å². The van der Waals surface area contributed by atoms with Crippen molar-refractivity contribution in [2.45, 2.75) is 6.42 Å². The van der Waals surface area contributed by atoms with Crippen molar-refractivity contribution in [1.82, 2.24) is 9.97 Å². The van der Waals surface area contributed by atoms with Gasteiger partial charge in [-0.1, -0.05) is 15.9 Å². The lowest BCUT2D eigenvalue weighted by Crippen LogP contribution is -2.14. The molecule has 0 amide bonds. The van der Waals surface area contributed by atoms with E-state index in [1.807, 2.05) is 12.1 Å². The molecule has 0 atom stereocenters. The topological polar surface area (TPSA) is 71.8 Å². The average Bonchev–Trinajstić information content (AvgIpc) is 2.17. The van der Waals surface area contributed by atoms with Crippen LogP contribution in [0.4, 0.5) is 0 Å². The number of nitrogens with two attached hydrogens (primary N) is 1. The molecule has 2 rings (SSSR count). The molecule has 15 heavy (non-hydrogen) atoms. The van der Waals surface area contributed by atoms with Crippen molar-refractivity contribution in [2.24, 2.45) is 5.73 Å². The smallest absolute Gasteiger partial charge is 0.258 e. The van der Waals surface area contributed by atoms with Gasteiger partial charge in [-0.05, 0) is 24.7 Å². The quantitative estimate of drug-likeness (QED) is 0.859. The van der Waals surface area contributed by atoms with Crippen LogP contribution < -0.4 is 11.3 Å². The van der Waals surface area contributed by atoms with Gasteiger partial charge < -0.3 is 10.7 Å². The molecule has 0 bridgehead atoms. The zero-order valence-electron chi connectivity index (χ0n) is 7.96. The maximum atomic E-state index is 11.6. The van der Waals surface area contributed by atoms with Crippen LogP contribution in [0.5, 0.6) is 0 Å². The van der Waals surface area contributed by atoms with Gasteiger partial charge in [0, 0.05) is 10.9 Å². The maximum Gasteiger partial charge on any atom is 0.258 e. The van der Waals surface area contributed by atoms with Crippen LogP contribution in [-0.2, 0) is 6.42 Å². The SMILES string of the molecule is NCCc1nc2cc(Br)ccc2c(=O)[nH]1. The van der Waals surface area contributed by atoms with Gasteiger partial charge in [-0.3, -0.25) is 4.79 Å². The standard InChI is InChI=1S/C10H10BrN3O/c11-6-1-2-7-8(5-6)13-9(3-4-12)14-10(7)15/h1-2,5H,3-4,12H2,(H,13,14,15). The van der Waals surface area contributed by atoms with E-state index in [2.05, 4.69) is 25.9 Å². The van der Waals surface area contributed by atoms with Crippen LogP contribution >= 0.6 is 15.9 Å². The highest BCUT2D eigenvalue weighted by molar-refractivity contribution is 9.10. The molecule has 1 heterocycles. The van der Waals surface area contributed by atoms with Gasteiger partial charge in [0.2, 0.25) is 0 Å². The molecule has 4 nitrogen and oxygen atoms in total. The number of H-pyrrole nitrogens is 1. The Bertz CT molecular complexity index is 550. The highest BCUT2D eigenvalue weighted by Gasteiger charge is 2.03. The minimum Gasteiger partial charge on any atom is -0.330 e. The Kier molecular flexibility index (Phi) is 2.83. The largest absolute Gasteiger partial charge is 0.330 e. The molecule has 78 valence electrons. The second kappa shape index (κ2) is 4.12. The molecule has 3 N–H and O–H groups in total. The molecule has 1 aromatic heterocycles. The fraction of sp³-hybridized carbons (Fsp3) is 0.200. The van der Waals surface area contributed by atoms with Crippen molar-refractivity contribution < 1.29 is 0 Å². The number of aromatic amines is 1. The summed E-state index contributed by atoms with van der Waals surface area (Å²) in [7, 11) is 0. The fourth-order valence-electron chi connectivity index (χ4n) is 1.42. The van der Waals surface area contributed by atoms with E-state index in [-0.39, 0.29) is 5.56 Å². The number of nitrogens with one attached hydrogen (secondary N) is 1. The first-order chi connectivity index (χ1) is 7.20. The summed E-state index contributed by atoms with van der Waals surface area (Å²) in [5.41, 5.74) is 5.99. The van der Waals surface area contributed by atoms with Crippen LogP contribution in [0, 0.1) is 0 Å². The van der Waals surface area contributed by atoms with Crippen molar-refractivity contribution in [2.75, 3.05) is 6.54 Å². The predicted octanol–water partition coefficient (Wildman–Crippen LogP) is 1.19. The second-order valence-electron chi connectivity index (χ2n) is 3.21. The molecule has 0 fully saturated rings. The monoisotopic (exact) mass is 267 g/mol. The third-order valence-corrected chi connectivity index (χ3v) is 2.59. The zero-order valence-corrected chi connectivity index (χ0v) is 9.54. The van der Waals surface area contributed by atoms with Crippen molar-refractivity contribution in [3.63, 3.8) is 0 Å². The second-order valence-corrected chi connectivity index (χ2v) is 4.13. The number of benzene rings is 1. The minimum atomic E-state index is -0.115. The molecule has 0 spiro atoms. The Labute approximate surface area is 94.7 Å². The molecular formula is C10H10BrN3O. The third-order valence-electron chi connectivity index (χ3n) is 2.10. The molecule has 0 aliphatic carbocycles. The van der Waals surface area contributed by atoms with E-state index in [9.17, 15) is 4.79 Å². The predicted molar refractivity (Wildman–Crippen MR) is 62.8 cm³/mol. The molecular weight excluding hydrogens is 258 g/mol. The highest BCUT2D eigenvalue weighted by Crippen LogP contribution is 2.15. The van der Waals surface area contributed by atoms with Crippen LogP contribution in [0.1, 0.15) is 5.82 Å². The van der Waals surface area contributed by atoms with E-state index in [4.69, 9.17) is 5.73 Å². The Hall–Kier alpha value is -1.20. The molecule has 1 aromatic carbocycles. The molecule has 0 aliphatic rings. The summed E-state index contributed by atoms with van der Waals surface area (Å²) in [6, 6.07) is 5.39.